The first kappa shape index (κ1) is 13.3. The van der Waals surface area contributed by atoms with Gasteiger partial charge in [-0.2, -0.15) is 4.31 Å². The Morgan fingerprint density at radius 3 is 2.94 bits per heavy atom. The van der Waals surface area contributed by atoms with E-state index in [0.717, 1.165) is 30.9 Å². The minimum absolute atomic E-state index is 0.265. The molecule has 5 nitrogen and oxygen atoms in total. The van der Waals surface area contributed by atoms with Crippen molar-refractivity contribution in [2.45, 2.75) is 26.3 Å². The summed E-state index contributed by atoms with van der Waals surface area (Å²) in [6.07, 6.45) is 1.75. The Bertz CT molecular complexity index is 502. The van der Waals surface area contributed by atoms with Crippen molar-refractivity contribution >= 4 is 15.8 Å². The molecule has 0 saturated carbocycles. The molecule has 0 atom stereocenters. The molecule has 0 amide bonds. The summed E-state index contributed by atoms with van der Waals surface area (Å²) in [4.78, 5) is 4.42. The van der Waals surface area contributed by atoms with Gasteiger partial charge in [0.1, 0.15) is 5.82 Å². The highest BCUT2D eigenvalue weighted by molar-refractivity contribution is 7.89. The monoisotopic (exact) mass is 269 g/mol. The predicted octanol–water partition coefficient (Wildman–Crippen LogP) is 1.44. The van der Waals surface area contributed by atoms with E-state index in [1.54, 1.807) is 0 Å². The van der Waals surface area contributed by atoms with Crippen molar-refractivity contribution < 1.29 is 8.42 Å². The third-order valence-corrected chi connectivity index (χ3v) is 4.81. The molecule has 1 aliphatic heterocycles. The fourth-order valence-corrected chi connectivity index (χ4v) is 3.46. The van der Waals surface area contributed by atoms with E-state index in [2.05, 4.69) is 17.2 Å². The van der Waals surface area contributed by atoms with E-state index in [1.807, 2.05) is 18.2 Å². The van der Waals surface area contributed by atoms with Crippen LogP contribution in [-0.2, 0) is 16.6 Å². The normalized spacial score (nSPS) is 18.9. The molecule has 0 aliphatic carbocycles. The minimum atomic E-state index is -3.04. The van der Waals surface area contributed by atoms with Crippen LogP contribution >= 0.6 is 0 Å². The number of nitrogens with zero attached hydrogens (tertiary/aromatic N) is 2. The van der Waals surface area contributed by atoms with Crippen LogP contribution in [0.3, 0.4) is 0 Å². The summed E-state index contributed by atoms with van der Waals surface area (Å²) >= 11 is 0. The number of nitrogens with one attached hydrogen (secondary N) is 1. The van der Waals surface area contributed by atoms with Crippen LogP contribution in [0.15, 0.2) is 18.2 Å². The van der Waals surface area contributed by atoms with Gasteiger partial charge in [-0.05, 0) is 25.0 Å². The van der Waals surface area contributed by atoms with Gasteiger partial charge in [0.15, 0.2) is 0 Å². The van der Waals surface area contributed by atoms with Crippen molar-refractivity contribution in [1.29, 1.82) is 0 Å². The molecule has 0 spiro atoms. The lowest BCUT2D eigenvalue weighted by atomic mass is 10.3. The zero-order valence-electron chi connectivity index (χ0n) is 10.6. The summed E-state index contributed by atoms with van der Waals surface area (Å²) in [5, 5.41) is 3.20. The average molecular weight is 269 g/mol. The zero-order chi connectivity index (χ0) is 13.0. The minimum Gasteiger partial charge on any atom is -0.370 e. The maximum atomic E-state index is 11.7. The van der Waals surface area contributed by atoms with Crippen LogP contribution in [0.5, 0.6) is 0 Å². The molecule has 0 unspecified atom stereocenters. The first-order valence-corrected chi connectivity index (χ1v) is 7.90. The molecule has 2 rings (SSSR count). The van der Waals surface area contributed by atoms with Crippen molar-refractivity contribution in [2.24, 2.45) is 0 Å². The Hall–Kier alpha value is -1.14. The molecule has 100 valence electrons. The Morgan fingerprint density at radius 1 is 1.44 bits per heavy atom. The average Bonchev–Trinajstić information content (AvgIpc) is 2.67. The van der Waals surface area contributed by atoms with Crippen LogP contribution < -0.4 is 5.32 Å². The van der Waals surface area contributed by atoms with Gasteiger partial charge in [-0.1, -0.05) is 13.0 Å². The Morgan fingerprint density at radius 2 is 2.28 bits per heavy atom. The van der Waals surface area contributed by atoms with Crippen molar-refractivity contribution in [3.05, 3.63) is 23.9 Å². The topological polar surface area (TPSA) is 62.3 Å². The maximum absolute atomic E-state index is 11.7. The van der Waals surface area contributed by atoms with Gasteiger partial charge >= 0.3 is 0 Å². The third-order valence-electron chi connectivity index (χ3n) is 2.90. The second kappa shape index (κ2) is 5.67. The molecule has 1 aliphatic rings. The molecule has 0 aromatic carbocycles. The van der Waals surface area contributed by atoms with Gasteiger partial charge in [-0.3, -0.25) is 0 Å². The SMILES string of the molecule is CCCNc1cccc(CN2CCCS2(=O)=O)n1. The largest absolute Gasteiger partial charge is 0.370 e. The van der Waals surface area contributed by atoms with Gasteiger partial charge in [-0.25, -0.2) is 13.4 Å². The second-order valence-corrected chi connectivity index (χ2v) is 6.53. The van der Waals surface area contributed by atoms with Crippen LogP contribution in [0, 0.1) is 0 Å². The molecule has 2 heterocycles. The van der Waals surface area contributed by atoms with E-state index < -0.39 is 10.0 Å². The number of aromatic nitrogens is 1. The molecular formula is C12H19N3O2S. The Balaban J connectivity index is 2.05. The van der Waals surface area contributed by atoms with Crippen molar-refractivity contribution in [2.75, 3.05) is 24.2 Å². The molecule has 0 bridgehead atoms. The van der Waals surface area contributed by atoms with Gasteiger partial charge in [0.2, 0.25) is 10.0 Å². The Kier molecular flexibility index (Phi) is 4.19. The Labute approximate surface area is 108 Å². The van der Waals surface area contributed by atoms with Crippen LogP contribution in [0.2, 0.25) is 0 Å². The first-order valence-electron chi connectivity index (χ1n) is 6.29. The highest BCUT2D eigenvalue weighted by atomic mass is 32.2. The summed E-state index contributed by atoms with van der Waals surface area (Å²) in [7, 11) is -3.04. The van der Waals surface area contributed by atoms with Crippen LogP contribution in [0.1, 0.15) is 25.5 Å². The lowest BCUT2D eigenvalue weighted by Crippen LogP contribution is -2.25. The van der Waals surface area contributed by atoms with Crippen LogP contribution in [0.25, 0.3) is 0 Å². The summed E-state index contributed by atoms with van der Waals surface area (Å²) < 4.78 is 24.9. The summed E-state index contributed by atoms with van der Waals surface area (Å²) in [6.45, 7) is 3.95. The maximum Gasteiger partial charge on any atom is 0.214 e. The molecule has 18 heavy (non-hydrogen) atoms. The van der Waals surface area contributed by atoms with Gasteiger partial charge in [-0.15, -0.1) is 0 Å². The van der Waals surface area contributed by atoms with E-state index >= 15 is 0 Å². The van der Waals surface area contributed by atoms with E-state index in [0.29, 0.717) is 13.1 Å². The number of pyridine rings is 1. The zero-order valence-corrected chi connectivity index (χ0v) is 11.4. The van der Waals surface area contributed by atoms with Crippen molar-refractivity contribution in [3.63, 3.8) is 0 Å². The van der Waals surface area contributed by atoms with Crippen LogP contribution in [-0.4, -0.2) is 36.5 Å². The smallest absolute Gasteiger partial charge is 0.214 e. The number of sulfonamides is 1. The molecule has 1 aromatic rings. The highest BCUT2D eigenvalue weighted by Gasteiger charge is 2.28. The molecule has 0 radical (unpaired) electrons. The van der Waals surface area contributed by atoms with Crippen LogP contribution in [0.4, 0.5) is 5.82 Å². The summed E-state index contributed by atoms with van der Waals surface area (Å²) in [5.74, 6) is 1.08. The van der Waals surface area contributed by atoms with Crippen molar-refractivity contribution in [3.8, 4) is 0 Å². The van der Waals surface area contributed by atoms with Crippen molar-refractivity contribution in [1.82, 2.24) is 9.29 Å². The fourth-order valence-electron chi connectivity index (χ4n) is 1.97. The van der Waals surface area contributed by atoms with E-state index in [4.69, 9.17) is 0 Å². The molecule has 6 heteroatoms. The van der Waals surface area contributed by atoms with E-state index in [9.17, 15) is 8.42 Å². The van der Waals surface area contributed by atoms with E-state index in [-0.39, 0.29) is 5.75 Å². The predicted molar refractivity (Wildman–Crippen MR) is 71.8 cm³/mol. The lowest BCUT2D eigenvalue weighted by molar-refractivity contribution is 0.435. The standard InChI is InChI=1S/C12H19N3O2S/c1-2-7-13-12-6-3-5-11(14-12)10-15-8-4-9-18(15,16)17/h3,5-6H,2,4,7-10H2,1H3,(H,13,14). The second-order valence-electron chi connectivity index (χ2n) is 4.44. The van der Waals surface area contributed by atoms with Gasteiger partial charge in [0.25, 0.3) is 0 Å². The molecule has 1 fully saturated rings. The fraction of sp³-hybridized carbons (Fsp3) is 0.583. The summed E-state index contributed by atoms with van der Waals surface area (Å²) in [6, 6.07) is 5.67. The van der Waals surface area contributed by atoms with Gasteiger partial charge in [0.05, 0.1) is 18.0 Å². The quantitative estimate of drug-likeness (QED) is 0.878. The molecule has 1 N–H and O–H groups in total. The molecule has 1 saturated heterocycles. The number of rotatable bonds is 5. The number of anilines is 1. The van der Waals surface area contributed by atoms with Gasteiger partial charge in [0, 0.05) is 13.1 Å². The highest BCUT2D eigenvalue weighted by Crippen LogP contribution is 2.17. The number of hydrogen-bond acceptors (Lipinski definition) is 4. The molecular weight excluding hydrogens is 250 g/mol. The van der Waals surface area contributed by atoms with E-state index in [1.165, 1.54) is 4.31 Å². The lowest BCUT2D eigenvalue weighted by Gasteiger charge is -2.14. The van der Waals surface area contributed by atoms with Gasteiger partial charge < -0.3 is 5.32 Å². The molecule has 1 aromatic heterocycles. The third kappa shape index (κ3) is 3.20. The first-order chi connectivity index (χ1) is 8.62. The number of hydrogen-bond donors (Lipinski definition) is 1. The summed E-state index contributed by atoms with van der Waals surface area (Å²) in [5.41, 5.74) is 0.793.